The van der Waals surface area contributed by atoms with Crippen LogP contribution in [0.3, 0.4) is 0 Å². The Bertz CT molecular complexity index is 1520. The quantitative estimate of drug-likeness (QED) is 0.198. The summed E-state index contributed by atoms with van der Waals surface area (Å²) >= 11 is 3.39. The van der Waals surface area contributed by atoms with Crippen molar-refractivity contribution in [3.05, 3.63) is 123 Å². The molecule has 3 amide bonds. The third-order valence-corrected chi connectivity index (χ3v) is 6.93. The largest absolute Gasteiger partial charge is 0.489 e. The van der Waals surface area contributed by atoms with Crippen LogP contribution in [-0.4, -0.2) is 21.4 Å². The van der Waals surface area contributed by atoms with Gasteiger partial charge in [-0.2, -0.15) is 0 Å². The molecule has 2 heterocycles. The van der Waals surface area contributed by atoms with Gasteiger partial charge in [0.05, 0.1) is 6.54 Å². The van der Waals surface area contributed by atoms with E-state index in [-0.39, 0.29) is 24.0 Å². The predicted molar refractivity (Wildman–Crippen MR) is 147 cm³/mol. The number of aryl methyl sites for hydroxylation is 1. The Kier molecular flexibility index (Phi) is 7.15. The molecule has 0 aliphatic carbocycles. The number of carbonyl (C=O) groups excluding carboxylic acids is 2. The molecule has 1 aromatic heterocycles. The average Bonchev–Trinajstić information content (AvgIpc) is 3.34. The molecule has 0 spiro atoms. The minimum absolute atomic E-state index is 0.198. The van der Waals surface area contributed by atoms with Gasteiger partial charge in [0.1, 0.15) is 23.9 Å². The number of rotatable bonds is 7. The Labute approximate surface area is 228 Å². The van der Waals surface area contributed by atoms with Crippen LogP contribution in [0.4, 0.5) is 9.18 Å². The Balaban J connectivity index is 1.31. The zero-order valence-electron chi connectivity index (χ0n) is 20.9. The molecule has 1 N–H and O–H groups in total. The third-order valence-electron chi connectivity index (χ3n) is 6.40. The summed E-state index contributed by atoms with van der Waals surface area (Å²) in [5, 5.41) is 2.71. The summed E-state index contributed by atoms with van der Waals surface area (Å²) in [5.41, 5.74) is 5.69. The van der Waals surface area contributed by atoms with E-state index in [0.29, 0.717) is 12.4 Å². The van der Waals surface area contributed by atoms with Gasteiger partial charge in [-0.1, -0.05) is 40.2 Å². The lowest BCUT2D eigenvalue weighted by atomic mass is 10.2. The van der Waals surface area contributed by atoms with Crippen molar-refractivity contribution in [2.45, 2.75) is 27.0 Å². The normalized spacial score (nSPS) is 14.3. The van der Waals surface area contributed by atoms with Crippen LogP contribution < -0.4 is 10.1 Å². The van der Waals surface area contributed by atoms with Crippen molar-refractivity contribution in [3.8, 4) is 11.4 Å². The van der Waals surface area contributed by atoms with Gasteiger partial charge in [-0.3, -0.25) is 9.69 Å². The second kappa shape index (κ2) is 10.7. The van der Waals surface area contributed by atoms with Gasteiger partial charge < -0.3 is 14.6 Å². The summed E-state index contributed by atoms with van der Waals surface area (Å²) in [6.07, 6.45) is 1.72. The van der Waals surface area contributed by atoms with Gasteiger partial charge in [-0.15, -0.1) is 0 Å². The predicted octanol–water partition coefficient (Wildman–Crippen LogP) is 6.67. The highest BCUT2D eigenvalue weighted by Crippen LogP contribution is 2.26. The van der Waals surface area contributed by atoms with Crippen LogP contribution in [-0.2, 0) is 17.9 Å². The first kappa shape index (κ1) is 25.5. The number of halogens is 2. The summed E-state index contributed by atoms with van der Waals surface area (Å²) in [6, 6.07) is 23.0. The minimum Gasteiger partial charge on any atom is -0.489 e. The molecule has 3 aromatic carbocycles. The molecule has 38 heavy (non-hydrogen) atoms. The van der Waals surface area contributed by atoms with Crippen LogP contribution in [0.25, 0.3) is 11.8 Å². The number of nitrogens with one attached hydrogen (secondary N) is 1. The molecule has 192 valence electrons. The molecule has 1 aliphatic rings. The fraction of sp³-hybridized carbons (Fsp3) is 0.133. The zero-order chi connectivity index (χ0) is 26.8. The number of amides is 3. The average molecular weight is 574 g/mol. The van der Waals surface area contributed by atoms with E-state index in [1.54, 1.807) is 18.2 Å². The van der Waals surface area contributed by atoms with E-state index in [1.165, 1.54) is 17.0 Å². The van der Waals surface area contributed by atoms with E-state index in [0.717, 1.165) is 38.2 Å². The number of hydrogen-bond donors (Lipinski definition) is 1. The third kappa shape index (κ3) is 5.40. The zero-order valence-corrected chi connectivity index (χ0v) is 22.5. The van der Waals surface area contributed by atoms with E-state index in [9.17, 15) is 14.0 Å². The summed E-state index contributed by atoms with van der Waals surface area (Å²) < 4.78 is 21.9. The van der Waals surface area contributed by atoms with Crippen LogP contribution in [0.1, 0.15) is 28.1 Å². The molecule has 0 unspecified atom stereocenters. The van der Waals surface area contributed by atoms with Gasteiger partial charge in [0.25, 0.3) is 5.91 Å². The molecule has 4 aromatic rings. The molecule has 1 saturated heterocycles. The van der Waals surface area contributed by atoms with Gasteiger partial charge in [0.15, 0.2) is 0 Å². The van der Waals surface area contributed by atoms with Crippen molar-refractivity contribution < 1.29 is 18.7 Å². The summed E-state index contributed by atoms with van der Waals surface area (Å²) in [4.78, 5) is 26.8. The van der Waals surface area contributed by atoms with Crippen LogP contribution in [0.2, 0.25) is 0 Å². The van der Waals surface area contributed by atoms with Crippen molar-refractivity contribution in [1.82, 2.24) is 14.8 Å². The Morgan fingerprint density at radius 2 is 1.58 bits per heavy atom. The maximum atomic E-state index is 13.1. The Hall–Kier alpha value is -4.17. The van der Waals surface area contributed by atoms with Crippen LogP contribution in [0.5, 0.6) is 5.75 Å². The molecule has 6 nitrogen and oxygen atoms in total. The van der Waals surface area contributed by atoms with E-state index >= 15 is 0 Å². The SMILES string of the molecule is Cc1cc(/C=C2/NC(=O)N(Cc3ccc(Br)cc3)C2=O)c(C)n1-c1ccc(OCc2ccc(F)cc2)cc1. The molecule has 5 rings (SSSR count). The van der Waals surface area contributed by atoms with Crippen LogP contribution >= 0.6 is 15.9 Å². The molecule has 0 atom stereocenters. The van der Waals surface area contributed by atoms with E-state index < -0.39 is 6.03 Å². The van der Waals surface area contributed by atoms with Crippen molar-refractivity contribution in [2.75, 3.05) is 0 Å². The summed E-state index contributed by atoms with van der Waals surface area (Å²) in [6.45, 7) is 4.50. The number of urea groups is 1. The summed E-state index contributed by atoms with van der Waals surface area (Å²) in [5.74, 6) is 0.0710. The maximum absolute atomic E-state index is 13.1. The Morgan fingerprint density at radius 3 is 2.26 bits per heavy atom. The smallest absolute Gasteiger partial charge is 0.329 e. The van der Waals surface area contributed by atoms with E-state index in [2.05, 4.69) is 25.8 Å². The van der Waals surface area contributed by atoms with Crippen LogP contribution in [0.15, 0.2) is 89.0 Å². The number of nitrogens with zero attached hydrogens (tertiary/aromatic N) is 2. The fourth-order valence-corrected chi connectivity index (χ4v) is 4.68. The molecule has 1 fully saturated rings. The number of benzene rings is 3. The lowest BCUT2D eigenvalue weighted by Gasteiger charge is -2.12. The minimum atomic E-state index is -0.436. The second-order valence-corrected chi connectivity index (χ2v) is 9.99. The molecular weight excluding hydrogens is 549 g/mol. The molecule has 8 heteroatoms. The second-order valence-electron chi connectivity index (χ2n) is 9.08. The van der Waals surface area contributed by atoms with Gasteiger partial charge in [0, 0.05) is 21.5 Å². The first-order chi connectivity index (χ1) is 18.3. The van der Waals surface area contributed by atoms with Crippen molar-refractivity contribution in [1.29, 1.82) is 0 Å². The highest BCUT2D eigenvalue weighted by atomic mass is 79.9. The van der Waals surface area contributed by atoms with Gasteiger partial charge in [0.2, 0.25) is 0 Å². The number of aromatic nitrogens is 1. The monoisotopic (exact) mass is 573 g/mol. The van der Waals surface area contributed by atoms with Gasteiger partial charge in [-0.25, -0.2) is 9.18 Å². The summed E-state index contributed by atoms with van der Waals surface area (Å²) in [7, 11) is 0. The first-order valence-electron chi connectivity index (χ1n) is 12.0. The molecule has 0 bridgehead atoms. The fourth-order valence-electron chi connectivity index (χ4n) is 4.41. The van der Waals surface area contributed by atoms with Crippen molar-refractivity contribution >= 4 is 33.9 Å². The maximum Gasteiger partial charge on any atom is 0.329 e. The molecule has 1 aliphatic heterocycles. The van der Waals surface area contributed by atoms with E-state index in [4.69, 9.17) is 4.74 Å². The molecule has 0 radical (unpaired) electrons. The lowest BCUT2D eigenvalue weighted by Crippen LogP contribution is -2.30. The van der Waals surface area contributed by atoms with Crippen molar-refractivity contribution in [2.24, 2.45) is 0 Å². The lowest BCUT2D eigenvalue weighted by molar-refractivity contribution is -0.123. The van der Waals surface area contributed by atoms with Crippen LogP contribution in [0, 0.1) is 19.7 Å². The standard InChI is InChI=1S/C30H25BrFN3O3/c1-19-15-23(16-28-29(36)34(30(37)33-28)17-21-3-7-24(31)8-4-21)20(2)35(19)26-11-13-27(14-12-26)38-18-22-5-9-25(32)10-6-22/h3-16H,17-18H2,1-2H3,(H,33,37)/b28-16+. The van der Waals surface area contributed by atoms with Crippen molar-refractivity contribution in [3.63, 3.8) is 0 Å². The number of ether oxygens (including phenoxy) is 1. The number of carbonyl (C=O) groups is 2. The number of hydrogen-bond acceptors (Lipinski definition) is 3. The highest BCUT2D eigenvalue weighted by molar-refractivity contribution is 9.10. The molecular formula is C30H25BrFN3O3. The molecule has 0 saturated carbocycles. The highest BCUT2D eigenvalue weighted by Gasteiger charge is 2.33. The van der Waals surface area contributed by atoms with E-state index in [1.807, 2.05) is 68.4 Å². The first-order valence-corrected chi connectivity index (χ1v) is 12.8. The van der Waals surface area contributed by atoms with Gasteiger partial charge >= 0.3 is 6.03 Å². The topological polar surface area (TPSA) is 63.6 Å². The Morgan fingerprint density at radius 1 is 0.921 bits per heavy atom. The van der Waals surface area contributed by atoms with Gasteiger partial charge in [-0.05, 0) is 91.2 Å². The number of imide groups is 1.